The van der Waals surface area contributed by atoms with Gasteiger partial charge in [-0.1, -0.05) is 39.5 Å². The van der Waals surface area contributed by atoms with Gasteiger partial charge in [0, 0.05) is 18.5 Å². The first-order chi connectivity index (χ1) is 9.09. The number of hydrogen-bond acceptors (Lipinski definition) is 2. The van der Waals surface area contributed by atoms with E-state index in [0.29, 0.717) is 17.4 Å². The van der Waals surface area contributed by atoms with Gasteiger partial charge in [-0.2, -0.15) is 0 Å². The zero-order chi connectivity index (χ0) is 13.7. The van der Waals surface area contributed by atoms with E-state index in [1.807, 2.05) is 0 Å². The van der Waals surface area contributed by atoms with Gasteiger partial charge in [0.15, 0.2) is 0 Å². The van der Waals surface area contributed by atoms with Crippen LogP contribution in [0.4, 0.5) is 0 Å². The van der Waals surface area contributed by atoms with Crippen LogP contribution in [-0.4, -0.2) is 25.0 Å². The van der Waals surface area contributed by atoms with E-state index in [2.05, 4.69) is 24.5 Å². The van der Waals surface area contributed by atoms with E-state index >= 15 is 0 Å². The molecule has 1 heterocycles. The Kier molecular flexibility index (Phi) is 7.32. The van der Waals surface area contributed by atoms with E-state index in [-0.39, 0.29) is 18.3 Å². The van der Waals surface area contributed by atoms with Gasteiger partial charge in [-0.05, 0) is 37.6 Å². The summed E-state index contributed by atoms with van der Waals surface area (Å²) in [7, 11) is 0. The number of carbonyl (C=O) groups is 1. The lowest BCUT2D eigenvalue weighted by Gasteiger charge is -2.39. The number of amides is 1. The van der Waals surface area contributed by atoms with Gasteiger partial charge in [0.1, 0.15) is 0 Å². The lowest BCUT2D eigenvalue weighted by Crippen LogP contribution is -2.53. The van der Waals surface area contributed by atoms with Crippen molar-refractivity contribution in [3.63, 3.8) is 0 Å². The third-order valence-corrected chi connectivity index (χ3v) is 5.04. The SMILES string of the molecule is CC1(C)CCCNC1CNC(=O)C1CCCCCC1.Cl. The average molecular weight is 303 g/mol. The fourth-order valence-electron chi connectivity index (χ4n) is 3.51. The molecule has 1 amide bonds. The van der Waals surface area contributed by atoms with Gasteiger partial charge in [-0.25, -0.2) is 0 Å². The molecule has 118 valence electrons. The predicted octanol–water partition coefficient (Wildman–Crippen LogP) is 3.27. The summed E-state index contributed by atoms with van der Waals surface area (Å²) in [6, 6.07) is 0.427. The maximum Gasteiger partial charge on any atom is 0.223 e. The van der Waals surface area contributed by atoms with Crippen LogP contribution in [-0.2, 0) is 4.79 Å². The van der Waals surface area contributed by atoms with Crippen molar-refractivity contribution in [2.45, 2.75) is 71.3 Å². The lowest BCUT2D eigenvalue weighted by molar-refractivity contribution is -0.125. The first-order valence-corrected chi connectivity index (χ1v) is 8.11. The molecule has 20 heavy (non-hydrogen) atoms. The smallest absolute Gasteiger partial charge is 0.223 e. The van der Waals surface area contributed by atoms with Crippen LogP contribution in [0.3, 0.4) is 0 Å². The minimum absolute atomic E-state index is 0. The Balaban J connectivity index is 0.00000200. The molecule has 4 heteroatoms. The van der Waals surface area contributed by atoms with E-state index in [0.717, 1.165) is 25.9 Å². The highest BCUT2D eigenvalue weighted by Gasteiger charge is 2.32. The van der Waals surface area contributed by atoms with Crippen LogP contribution in [0.5, 0.6) is 0 Å². The molecule has 0 spiro atoms. The average Bonchev–Trinajstić information content (AvgIpc) is 2.65. The minimum atomic E-state index is 0. The molecule has 2 fully saturated rings. The molecule has 0 radical (unpaired) electrons. The third-order valence-electron chi connectivity index (χ3n) is 5.04. The second-order valence-corrected chi connectivity index (χ2v) is 7.03. The number of halogens is 1. The highest BCUT2D eigenvalue weighted by Crippen LogP contribution is 2.30. The molecule has 2 aliphatic rings. The summed E-state index contributed by atoms with van der Waals surface area (Å²) in [4.78, 5) is 12.3. The topological polar surface area (TPSA) is 41.1 Å². The fraction of sp³-hybridized carbons (Fsp3) is 0.938. The second kappa shape index (κ2) is 8.23. The number of piperidine rings is 1. The Hall–Kier alpha value is -0.280. The van der Waals surface area contributed by atoms with Gasteiger partial charge in [-0.3, -0.25) is 4.79 Å². The maximum absolute atomic E-state index is 12.3. The largest absolute Gasteiger partial charge is 0.354 e. The molecule has 1 aliphatic heterocycles. The Labute approximate surface area is 130 Å². The molecule has 1 atom stereocenters. The molecule has 3 nitrogen and oxygen atoms in total. The van der Waals surface area contributed by atoms with Gasteiger partial charge in [0.2, 0.25) is 5.91 Å². The van der Waals surface area contributed by atoms with Crippen LogP contribution in [0, 0.1) is 11.3 Å². The molecule has 0 aromatic carbocycles. The van der Waals surface area contributed by atoms with Crippen LogP contribution in [0.15, 0.2) is 0 Å². The monoisotopic (exact) mass is 302 g/mol. The van der Waals surface area contributed by atoms with E-state index < -0.39 is 0 Å². The minimum Gasteiger partial charge on any atom is -0.354 e. The van der Waals surface area contributed by atoms with Crippen LogP contribution >= 0.6 is 12.4 Å². The Morgan fingerprint density at radius 3 is 2.40 bits per heavy atom. The molecule has 1 saturated heterocycles. The van der Waals surface area contributed by atoms with Crippen molar-refractivity contribution in [2.24, 2.45) is 11.3 Å². The van der Waals surface area contributed by atoms with Crippen LogP contribution in [0.25, 0.3) is 0 Å². The first-order valence-electron chi connectivity index (χ1n) is 8.11. The molecule has 1 aliphatic carbocycles. The van der Waals surface area contributed by atoms with Crippen LogP contribution in [0.1, 0.15) is 65.2 Å². The number of hydrogen-bond donors (Lipinski definition) is 2. The third kappa shape index (κ3) is 4.92. The standard InChI is InChI=1S/C16H30N2O.ClH/c1-16(2)10-7-11-17-14(16)12-18-15(19)13-8-5-3-4-6-9-13;/h13-14,17H,3-12H2,1-2H3,(H,18,19);1H. The van der Waals surface area contributed by atoms with Gasteiger partial charge in [0.25, 0.3) is 0 Å². The van der Waals surface area contributed by atoms with Crippen LogP contribution < -0.4 is 10.6 Å². The zero-order valence-electron chi connectivity index (χ0n) is 13.0. The van der Waals surface area contributed by atoms with E-state index in [9.17, 15) is 4.79 Å². The second-order valence-electron chi connectivity index (χ2n) is 7.03. The van der Waals surface area contributed by atoms with Crippen molar-refractivity contribution in [3.8, 4) is 0 Å². The summed E-state index contributed by atoms with van der Waals surface area (Å²) >= 11 is 0. The summed E-state index contributed by atoms with van der Waals surface area (Å²) < 4.78 is 0. The van der Waals surface area contributed by atoms with E-state index in [1.165, 1.54) is 38.5 Å². The summed E-state index contributed by atoms with van der Waals surface area (Å²) in [5, 5.41) is 6.77. The molecular formula is C16H31ClN2O. The lowest BCUT2D eigenvalue weighted by atomic mass is 9.77. The molecule has 2 N–H and O–H groups in total. The first kappa shape index (κ1) is 17.8. The number of carbonyl (C=O) groups excluding carboxylic acids is 1. The summed E-state index contributed by atoms with van der Waals surface area (Å²) in [5.41, 5.74) is 0.301. The maximum atomic E-state index is 12.3. The Morgan fingerprint density at radius 1 is 1.15 bits per heavy atom. The number of rotatable bonds is 3. The molecular weight excluding hydrogens is 272 g/mol. The highest BCUT2D eigenvalue weighted by molar-refractivity contribution is 5.85. The summed E-state index contributed by atoms with van der Waals surface area (Å²) in [5.74, 6) is 0.569. The van der Waals surface area contributed by atoms with Crippen molar-refractivity contribution in [1.82, 2.24) is 10.6 Å². The van der Waals surface area contributed by atoms with Gasteiger partial charge in [-0.15, -0.1) is 12.4 Å². The van der Waals surface area contributed by atoms with Crippen molar-refractivity contribution in [3.05, 3.63) is 0 Å². The molecule has 1 saturated carbocycles. The van der Waals surface area contributed by atoms with Gasteiger partial charge in [0.05, 0.1) is 0 Å². The normalized spacial score (nSPS) is 27.2. The van der Waals surface area contributed by atoms with Gasteiger partial charge >= 0.3 is 0 Å². The van der Waals surface area contributed by atoms with E-state index in [4.69, 9.17) is 0 Å². The molecule has 2 rings (SSSR count). The fourth-order valence-corrected chi connectivity index (χ4v) is 3.51. The number of nitrogens with one attached hydrogen (secondary N) is 2. The van der Waals surface area contributed by atoms with Crippen molar-refractivity contribution in [2.75, 3.05) is 13.1 Å². The molecule has 0 aromatic rings. The zero-order valence-corrected chi connectivity index (χ0v) is 13.9. The van der Waals surface area contributed by atoms with Crippen molar-refractivity contribution in [1.29, 1.82) is 0 Å². The van der Waals surface area contributed by atoms with Crippen molar-refractivity contribution >= 4 is 18.3 Å². The molecule has 0 aromatic heterocycles. The van der Waals surface area contributed by atoms with Crippen molar-refractivity contribution < 1.29 is 4.79 Å². The Bertz CT molecular complexity index is 299. The predicted molar refractivity (Wildman–Crippen MR) is 86.3 cm³/mol. The Morgan fingerprint density at radius 2 is 1.80 bits per heavy atom. The molecule has 1 unspecified atom stereocenters. The highest BCUT2D eigenvalue weighted by atomic mass is 35.5. The van der Waals surface area contributed by atoms with Gasteiger partial charge < -0.3 is 10.6 Å². The van der Waals surface area contributed by atoms with E-state index in [1.54, 1.807) is 0 Å². The quantitative estimate of drug-likeness (QED) is 0.786. The molecule has 0 bridgehead atoms. The summed E-state index contributed by atoms with van der Waals surface area (Å²) in [6.07, 6.45) is 9.75. The summed E-state index contributed by atoms with van der Waals surface area (Å²) in [6.45, 7) is 6.50. The van der Waals surface area contributed by atoms with Crippen LogP contribution in [0.2, 0.25) is 0 Å².